The van der Waals surface area contributed by atoms with Gasteiger partial charge in [-0.2, -0.15) is 9.67 Å². The molecule has 10 nitrogen and oxygen atoms in total. The SMILES string of the molecule is C[C@H](NC(=O)c1nc(Cn2ccc([N+](=O)[O-])n2)no1)[C@@H]1C[C@H]2CC[C@H]1C2. The minimum absolute atomic E-state index is 0.0712. The Hall–Kier alpha value is -2.78. The third-order valence-electron chi connectivity index (χ3n) is 5.57. The molecule has 138 valence electrons. The van der Waals surface area contributed by atoms with Crippen molar-refractivity contribution in [2.45, 2.75) is 45.2 Å². The lowest BCUT2D eigenvalue weighted by molar-refractivity contribution is -0.389. The van der Waals surface area contributed by atoms with Crippen LogP contribution in [0.2, 0.25) is 0 Å². The highest BCUT2D eigenvalue weighted by Crippen LogP contribution is 2.49. The van der Waals surface area contributed by atoms with Gasteiger partial charge in [0.1, 0.15) is 6.54 Å². The highest BCUT2D eigenvalue weighted by atomic mass is 16.6. The number of aromatic nitrogens is 4. The summed E-state index contributed by atoms with van der Waals surface area (Å²) in [6.45, 7) is 2.12. The van der Waals surface area contributed by atoms with Crippen LogP contribution in [0.4, 0.5) is 5.82 Å². The summed E-state index contributed by atoms with van der Waals surface area (Å²) >= 11 is 0. The Morgan fingerprint density at radius 3 is 3.00 bits per heavy atom. The van der Waals surface area contributed by atoms with Crippen LogP contribution in [0.1, 0.15) is 49.1 Å². The Labute approximate surface area is 149 Å². The molecule has 0 aromatic carbocycles. The maximum absolute atomic E-state index is 12.4. The van der Waals surface area contributed by atoms with Gasteiger partial charge in [-0.25, -0.2) is 0 Å². The fraction of sp³-hybridized carbons (Fsp3) is 0.625. The van der Waals surface area contributed by atoms with E-state index in [1.807, 2.05) is 6.92 Å². The summed E-state index contributed by atoms with van der Waals surface area (Å²) in [5.74, 6) is 1.54. The highest BCUT2D eigenvalue weighted by molar-refractivity contribution is 5.89. The number of carbonyl (C=O) groups is 1. The van der Waals surface area contributed by atoms with Crippen LogP contribution in [-0.2, 0) is 6.54 Å². The average Bonchev–Trinajstić information content (AvgIpc) is 3.39. The van der Waals surface area contributed by atoms with Crippen molar-refractivity contribution in [3.63, 3.8) is 0 Å². The molecule has 0 unspecified atom stereocenters. The van der Waals surface area contributed by atoms with Crippen LogP contribution in [0.15, 0.2) is 16.8 Å². The molecule has 0 radical (unpaired) electrons. The second-order valence-corrected chi connectivity index (χ2v) is 7.25. The predicted octanol–water partition coefficient (Wildman–Crippen LogP) is 1.78. The zero-order valence-electron chi connectivity index (χ0n) is 14.4. The Kier molecular flexibility index (Phi) is 4.17. The molecule has 2 heterocycles. The van der Waals surface area contributed by atoms with Gasteiger partial charge < -0.3 is 20.0 Å². The Morgan fingerprint density at radius 2 is 2.35 bits per heavy atom. The van der Waals surface area contributed by atoms with Crippen LogP contribution in [0, 0.1) is 27.9 Å². The van der Waals surface area contributed by atoms with Gasteiger partial charge in [-0.1, -0.05) is 11.6 Å². The molecule has 4 rings (SSSR count). The quantitative estimate of drug-likeness (QED) is 0.614. The number of nitrogens with zero attached hydrogens (tertiary/aromatic N) is 5. The molecule has 2 aliphatic rings. The normalized spacial score (nSPS) is 25.3. The van der Waals surface area contributed by atoms with E-state index in [0.717, 1.165) is 5.92 Å². The van der Waals surface area contributed by atoms with Crippen LogP contribution in [0.5, 0.6) is 0 Å². The molecule has 1 amide bonds. The summed E-state index contributed by atoms with van der Waals surface area (Å²) in [5.41, 5.74) is 0. The van der Waals surface area contributed by atoms with Crippen LogP contribution in [0.3, 0.4) is 0 Å². The minimum Gasteiger partial charge on any atom is -0.358 e. The zero-order valence-corrected chi connectivity index (χ0v) is 14.4. The van der Waals surface area contributed by atoms with E-state index in [2.05, 4.69) is 20.6 Å². The number of nitrogens with one attached hydrogen (secondary N) is 1. The first-order valence-electron chi connectivity index (χ1n) is 8.81. The van der Waals surface area contributed by atoms with Gasteiger partial charge in [-0.3, -0.25) is 4.79 Å². The standard InChI is InChI=1S/C16H20N6O4/c1-9(12-7-10-2-3-11(12)6-10)17-15(23)16-18-13(20-26-16)8-21-5-4-14(19-21)22(24)25/h4-5,9-12H,2-3,6-8H2,1H3,(H,17,23)/t9-,10-,11-,12-/m0/s1. The van der Waals surface area contributed by atoms with E-state index in [-0.39, 0.29) is 36.0 Å². The number of rotatable bonds is 6. The van der Waals surface area contributed by atoms with E-state index < -0.39 is 4.92 Å². The van der Waals surface area contributed by atoms with Crippen LogP contribution in [-0.4, -0.2) is 36.8 Å². The molecule has 2 aromatic rings. The number of fused-ring (bicyclic) bond motifs is 2. The smallest absolute Gasteiger partial charge is 0.358 e. The van der Waals surface area contributed by atoms with Gasteiger partial charge in [-0.05, 0) is 48.9 Å². The van der Waals surface area contributed by atoms with Gasteiger partial charge in [-0.15, -0.1) is 0 Å². The summed E-state index contributed by atoms with van der Waals surface area (Å²) in [7, 11) is 0. The monoisotopic (exact) mass is 360 g/mol. The maximum Gasteiger partial charge on any atom is 0.389 e. The molecule has 0 aliphatic heterocycles. The predicted molar refractivity (Wildman–Crippen MR) is 88.1 cm³/mol. The van der Waals surface area contributed by atoms with Crippen molar-refractivity contribution in [1.29, 1.82) is 0 Å². The fourth-order valence-electron chi connectivity index (χ4n) is 4.37. The molecule has 10 heteroatoms. The minimum atomic E-state index is -0.581. The third-order valence-corrected chi connectivity index (χ3v) is 5.57. The second kappa shape index (κ2) is 6.50. The Balaban J connectivity index is 1.36. The molecule has 26 heavy (non-hydrogen) atoms. The number of hydrogen-bond acceptors (Lipinski definition) is 7. The van der Waals surface area contributed by atoms with Crippen LogP contribution in [0.25, 0.3) is 0 Å². The number of nitro groups is 1. The summed E-state index contributed by atoms with van der Waals surface area (Å²) in [5, 5.41) is 21.1. The topological polar surface area (TPSA) is 129 Å². The number of carbonyl (C=O) groups excluding carboxylic acids is 1. The van der Waals surface area contributed by atoms with Crippen molar-refractivity contribution >= 4 is 11.7 Å². The number of hydrogen-bond donors (Lipinski definition) is 1. The summed E-state index contributed by atoms with van der Waals surface area (Å²) in [6.07, 6.45) is 6.49. The third kappa shape index (κ3) is 3.18. The molecule has 4 atom stereocenters. The lowest BCUT2D eigenvalue weighted by Crippen LogP contribution is -2.40. The van der Waals surface area contributed by atoms with E-state index in [1.165, 1.54) is 42.6 Å². The summed E-state index contributed by atoms with van der Waals surface area (Å²) < 4.78 is 6.35. The molecular weight excluding hydrogens is 340 g/mol. The first-order valence-corrected chi connectivity index (χ1v) is 8.81. The highest BCUT2D eigenvalue weighted by Gasteiger charge is 2.42. The van der Waals surface area contributed by atoms with E-state index in [1.54, 1.807) is 0 Å². The summed E-state index contributed by atoms with van der Waals surface area (Å²) in [4.78, 5) is 26.5. The molecule has 2 fully saturated rings. The molecule has 2 bridgehead atoms. The van der Waals surface area contributed by atoms with E-state index in [9.17, 15) is 14.9 Å². The van der Waals surface area contributed by atoms with Crippen molar-refractivity contribution in [2.24, 2.45) is 17.8 Å². The van der Waals surface area contributed by atoms with Crippen molar-refractivity contribution in [3.05, 3.63) is 34.1 Å². The maximum atomic E-state index is 12.4. The van der Waals surface area contributed by atoms with Gasteiger partial charge in [0.15, 0.2) is 5.82 Å². The van der Waals surface area contributed by atoms with Gasteiger partial charge in [0.25, 0.3) is 0 Å². The second-order valence-electron chi connectivity index (χ2n) is 7.25. The van der Waals surface area contributed by atoms with E-state index >= 15 is 0 Å². The number of amides is 1. The average molecular weight is 360 g/mol. The van der Waals surface area contributed by atoms with Gasteiger partial charge in [0, 0.05) is 6.04 Å². The van der Waals surface area contributed by atoms with E-state index in [4.69, 9.17) is 4.52 Å². The van der Waals surface area contributed by atoms with Gasteiger partial charge >= 0.3 is 17.6 Å². The zero-order chi connectivity index (χ0) is 18.3. The molecule has 0 saturated heterocycles. The van der Waals surface area contributed by atoms with Crippen molar-refractivity contribution < 1.29 is 14.2 Å². The Morgan fingerprint density at radius 1 is 1.50 bits per heavy atom. The molecule has 2 aliphatic carbocycles. The first kappa shape index (κ1) is 16.7. The van der Waals surface area contributed by atoms with Crippen molar-refractivity contribution in [3.8, 4) is 0 Å². The lowest BCUT2D eigenvalue weighted by Gasteiger charge is -2.28. The molecule has 1 N–H and O–H groups in total. The van der Waals surface area contributed by atoms with Crippen molar-refractivity contribution in [2.75, 3.05) is 0 Å². The summed E-state index contributed by atoms with van der Waals surface area (Å²) in [6, 6.07) is 1.35. The molecule has 2 saturated carbocycles. The molecule has 2 aromatic heterocycles. The molecule has 0 spiro atoms. The molecular formula is C16H20N6O4. The lowest BCUT2D eigenvalue weighted by atomic mass is 9.84. The van der Waals surface area contributed by atoms with E-state index in [0.29, 0.717) is 11.8 Å². The van der Waals surface area contributed by atoms with Gasteiger partial charge in [0.2, 0.25) is 0 Å². The largest absolute Gasteiger partial charge is 0.389 e. The van der Waals surface area contributed by atoms with Crippen molar-refractivity contribution in [1.82, 2.24) is 25.2 Å². The Bertz CT molecular complexity index is 830. The van der Waals surface area contributed by atoms with Crippen LogP contribution >= 0.6 is 0 Å². The van der Waals surface area contributed by atoms with Crippen LogP contribution < -0.4 is 5.32 Å². The first-order chi connectivity index (χ1) is 12.5. The van der Waals surface area contributed by atoms with Gasteiger partial charge in [0.05, 0.1) is 17.4 Å². The fourth-order valence-corrected chi connectivity index (χ4v) is 4.37.